The Morgan fingerprint density at radius 2 is 1.86 bits per heavy atom. The first-order valence-electron chi connectivity index (χ1n) is 9.64. The number of benzene rings is 1. The van der Waals surface area contributed by atoms with Gasteiger partial charge < -0.3 is 15.0 Å². The third-order valence-corrected chi connectivity index (χ3v) is 7.32. The number of carbonyl (C=O) groups excluding carboxylic acids is 1. The summed E-state index contributed by atoms with van der Waals surface area (Å²) >= 11 is 0. The molecule has 1 fully saturated rings. The lowest BCUT2D eigenvalue weighted by Gasteiger charge is -2.37. The quantitative estimate of drug-likeness (QED) is 0.638. The van der Waals surface area contributed by atoms with Gasteiger partial charge in [-0.15, -0.1) is 0 Å². The molecule has 0 unspecified atom stereocenters. The van der Waals surface area contributed by atoms with Gasteiger partial charge in [-0.25, -0.2) is 12.8 Å². The molecule has 0 saturated carbocycles. The van der Waals surface area contributed by atoms with Crippen molar-refractivity contribution in [1.29, 1.82) is 0 Å². The van der Waals surface area contributed by atoms with E-state index in [9.17, 15) is 17.6 Å². The second kappa shape index (κ2) is 9.30. The Balaban J connectivity index is 2.17. The lowest BCUT2D eigenvalue weighted by molar-refractivity contribution is -0.954. The molecule has 1 aromatic rings. The van der Waals surface area contributed by atoms with Gasteiger partial charge in [0.1, 0.15) is 24.4 Å². The number of sulfonamides is 1. The fraction of sp³-hybridized carbons (Fsp3) is 0.632. The number of nitrogens with zero attached hydrogens (tertiary/aromatic N) is 1. The van der Waals surface area contributed by atoms with Gasteiger partial charge in [0, 0.05) is 13.1 Å². The monoisotopic (exact) mass is 416 g/mol. The molecule has 1 saturated heterocycles. The maximum Gasteiger partial charge on any atom is 0.254 e. The van der Waals surface area contributed by atoms with Crippen molar-refractivity contribution < 1.29 is 27.2 Å². The highest BCUT2D eigenvalue weighted by atomic mass is 32.2. The molecule has 0 atom stereocenters. The van der Waals surface area contributed by atoms with Crippen LogP contribution in [-0.2, 0) is 14.8 Å². The number of halogens is 1. The van der Waals surface area contributed by atoms with Crippen LogP contribution in [0.3, 0.4) is 0 Å². The van der Waals surface area contributed by atoms with Crippen LogP contribution in [0.5, 0.6) is 0 Å². The highest BCUT2D eigenvalue weighted by Crippen LogP contribution is 2.19. The molecule has 1 aromatic carbocycles. The van der Waals surface area contributed by atoms with E-state index >= 15 is 0 Å². The van der Waals surface area contributed by atoms with Crippen LogP contribution < -0.4 is 10.2 Å². The van der Waals surface area contributed by atoms with Gasteiger partial charge in [0.25, 0.3) is 5.91 Å². The summed E-state index contributed by atoms with van der Waals surface area (Å²) in [4.78, 5) is 13.8. The van der Waals surface area contributed by atoms with Crippen LogP contribution in [0.1, 0.15) is 38.1 Å². The summed E-state index contributed by atoms with van der Waals surface area (Å²) in [7, 11) is -3.77. The first kappa shape index (κ1) is 22.7. The van der Waals surface area contributed by atoms with E-state index in [1.807, 2.05) is 13.8 Å². The number of rotatable bonds is 8. The van der Waals surface area contributed by atoms with Gasteiger partial charge in [-0.2, -0.15) is 4.31 Å². The third-order valence-electron chi connectivity index (χ3n) is 5.27. The molecule has 0 spiro atoms. The summed E-state index contributed by atoms with van der Waals surface area (Å²) < 4.78 is 46.2. The number of amides is 1. The van der Waals surface area contributed by atoms with Gasteiger partial charge in [-0.1, -0.05) is 13.8 Å². The number of morpholine rings is 1. The largest absolute Gasteiger partial charge is 0.370 e. The topological polar surface area (TPSA) is 80.2 Å². The Labute approximate surface area is 166 Å². The van der Waals surface area contributed by atoms with Gasteiger partial charge in [-0.3, -0.25) is 4.79 Å². The maximum atomic E-state index is 14.3. The van der Waals surface area contributed by atoms with Crippen molar-refractivity contribution in [2.45, 2.75) is 38.1 Å². The molecule has 2 rings (SSSR count). The van der Waals surface area contributed by atoms with Crippen LogP contribution in [0, 0.1) is 5.82 Å². The number of ether oxygens (including phenoxy) is 1. The first-order valence-corrected chi connectivity index (χ1v) is 11.1. The van der Waals surface area contributed by atoms with Crippen LogP contribution in [0.15, 0.2) is 23.1 Å². The number of hydrogen-bond acceptors (Lipinski definition) is 4. The highest BCUT2D eigenvalue weighted by Gasteiger charge is 2.33. The van der Waals surface area contributed by atoms with Crippen molar-refractivity contribution in [3.05, 3.63) is 29.6 Å². The minimum atomic E-state index is -3.77. The van der Waals surface area contributed by atoms with Crippen molar-refractivity contribution in [3.8, 4) is 0 Å². The minimum absolute atomic E-state index is 0.0826. The molecule has 0 bridgehead atoms. The summed E-state index contributed by atoms with van der Waals surface area (Å²) in [5.74, 6) is -1.36. The predicted octanol–water partition coefficient (Wildman–Crippen LogP) is 0.280. The minimum Gasteiger partial charge on any atom is -0.370 e. The van der Waals surface area contributed by atoms with Crippen molar-refractivity contribution in [2.24, 2.45) is 0 Å². The molecule has 0 aliphatic carbocycles. The zero-order valence-corrected chi connectivity index (χ0v) is 17.9. The van der Waals surface area contributed by atoms with Crippen LogP contribution in [0.4, 0.5) is 4.39 Å². The molecule has 0 aromatic heterocycles. The van der Waals surface area contributed by atoms with Gasteiger partial charge in [0.15, 0.2) is 0 Å². The molecule has 1 aliphatic rings. The highest BCUT2D eigenvalue weighted by molar-refractivity contribution is 7.89. The van der Waals surface area contributed by atoms with E-state index in [1.165, 1.54) is 15.3 Å². The third kappa shape index (κ3) is 5.08. The zero-order valence-electron chi connectivity index (χ0n) is 17.0. The number of quaternary nitrogens is 1. The van der Waals surface area contributed by atoms with Crippen LogP contribution >= 0.6 is 0 Å². The van der Waals surface area contributed by atoms with Crippen molar-refractivity contribution in [1.82, 2.24) is 9.62 Å². The van der Waals surface area contributed by atoms with Crippen LogP contribution in [0.25, 0.3) is 0 Å². The molecule has 9 heteroatoms. The Hall–Kier alpha value is -1.55. The van der Waals surface area contributed by atoms with Gasteiger partial charge in [-0.05, 0) is 32.0 Å². The van der Waals surface area contributed by atoms with Crippen molar-refractivity contribution in [2.75, 3.05) is 45.9 Å². The predicted molar refractivity (Wildman–Crippen MR) is 104 cm³/mol. The van der Waals surface area contributed by atoms with E-state index in [1.54, 1.807) is 13.8 Å². The maximum absolute atomic E-state index is 14.3. The van der Waals surface area contributed by atoms with Crippen LogP contribution in [0.2, 0.25) is 0 Å². The van der Waals surface area contributed by atoms with E-state index in [4.69, 9.17) is 4.74 Å². The molecule has 1 aliphatic heterocycles. The lowest BCUT2D eigenvalue weighted by Crippen LogP contribution is -3.22. The summed E-state index contributed by atoms with van der Waals surface area (Å²) in [5.41, 5.74) is -0.512. The SMILES string of the molecule is CCN(CC)S(=O)(=O)c1ccc(F)c(C(=O)NCC(C)(C)[NH+]2CCOCC2)c1. The molecular weight excluding hydrogens is 385 g/mol. The number of nitrogens with one attached hydrogen (secondary N) is 2. The van der Waals surface area contributed by atoms with Crippen molar-refractivity contribution >= 4 is 15.9 Å². The van der Waals surface area contributed by atoms with E-state index in [0.717, 1.165) is 25.2 Å². The molecule has 158 valence electrons. The first-order chi connectivity index (χ1) is 13.1. The number of carbonyl (C=O) groups is 1. The van der Waals surface area contributed by atoms with Crippen LogP contribution in [-0.4, -0.2) is 70.1 Å². The average Bonchev–Trinajstić information content (AvgIpc) is 2.68. The fourth-order valence-corrected chi connectivity index (χ4v) is 4.85. The average molecular weight is 417 g/mol. The summed E-state index contributed by atoms with van der Waals surface area (Å²) in [5, 5.41) is 2.76. The summed E-state index contributed by atoms with van der Waals surface area (Å²) in [6.07, 6.45) is 0. The molecule has 1 heterocycles. The summed E-state index contributed by atoms with van der Waals surface area (Å²) in [6, 6.07) is 3.35. The normalized spacial score (nSPS) is 16.4. The van der Waals surface area contributed by atoms with E-state index in [2.05, 4.69) is 5.32 Å². The standard InChI is InChI=1S/C19H30FN3O4S/c1-5-23(6-2)28(25,26)15-7-8-17(20)16(13-15)18(24)21-14-19(3,4)22-9-11-27-12-10-22/h7-8,13H,5-6,9-12,14H2,1-4H3,(H,21,24)/p+1. The van der Waals surface area contributed by atoms with E-state index in [0.29, 0.717) is 32.8 Å². The molecular formula is C19H31FN3O4S+. The molecule has 7 nitrogen and oxygen atoms in total. The van der Waals surface area contributed by atoms with Gasteiger partial charge in [0.2, 0.25) is 10.0 Å². The second-order valence-corrected chi connectivity index (χ2v) is 9.45. The van der Waals surface area contributed by atoms with E-state index < -0.39 is 21.7 Å². The lowest BCUT2D eigenvalue weighted by atomic mass is 10.0. The van der Waals surface area contributed by atoms with Gasteiger partial charge >= 0.3 is 0 Å². The Morgan fingerprint density at radius 1 is 1.25 bits per heavy atom. The molecule has 1 amide bonds. The molecule has 0 radical (unpaired) electrons. The smallest absolute Gasteiger partial charge is 0.254 e. The Morgan fingerprint density at radius 3 is 2.43 bits per heavy atom. The number of hydrogen-bond donors (Lipinski definition) is 2. The zero-order chi connectivity index (χ0) is 20.9. The fourth-order valence-electron chi connectivity index (χ4n) is 3.37. The Kier molecular flexibility index (Phi) is 7.55. The van der Waals surface area contributed by atoms with Crippen molar-refractivity contribution in [3.63, 3.8) is 0 Å². The molecule has 2 N–H and O–H groups in total. The summed E-state index contributed by atoms with van der Waals surface area (Å²) in [6.45, 7) is 11.5. The molecule has 28 heavy (non-hydrogen) atoms. The Bertz CT molecular complexity index is 788. The second-order valence-electron chi connectivity index (χ2n) is 7.51. The van der Waals surface area contributed by atoms with E-state index in [-0.39, 0.29) is 16.0 Å². The van der Waals surface area contributed by atoms with Gasteiger partial charge in [0.05, 0.1) is 30.2 Å².